The number of rotatable bonds is 6. The van der Waals surface area contributed by atoms with Crippen molar-refractivity contribution < 1.29 is 19.1 Å². The molecule has 27 heavy (non-hydrogen) atoms. The number of hydrogen-bond acceptors (Lipinski definition) is 5. The first-order valence-corrected chi connectivity index (χ1v) is 9.51. The van der Waals surface area contributed by atoms with E-state index in [1.54, 1.807) is 26.8 Å². The van der Waals surface area contributed by atoms with Gasteiger partial charge in [0.05, 0.1) is 29.3 Å². The van der Waals surface area contributed by atoms with Gasteiger partial charge < -0.3 is 9.47 Å². The van der Waals surface area contributed by atoms with Crippen LogP contribution in [0.25, 0.3) is 0 Å². The van der Waals surface area contributed by atoms with Crippen LogP contribution in [0.4, 0.5) is 0 Å². The standard InChI is InChI=1S/C20H23Cl2NO4/c1-5-27-20(25)17-12(3)23-11(2)16(19(24)26-4)14(17)10-9-13-7-6-8-15(21)18(13)22/h6-8,14,16H,5,9-10H2,1-4H3. The van der Waals surface area contributed by atoms with E-state index >= 15 is 0 Å². The fourth-order valence-corrected chi connectivity index (χ4v) is 3.87. The summed E-state index contributed by atoms with van der Waals surface area (Å²) in [6.45, 7) is 5.51. The third-order valence-electron chi connectivity index (χ3n) is 4.66. The Morgan fingerprint density at radius 1 is 1.22 bits per heavy atom. The van der Waals surface area contributed by atoms with Crippen molar-refractivity contribution in [2.75, 3.05) is 13.7 Å². The number of ether oxygens (including phenoxy) is 2. The van der Waals surface area contributed by atoms with Crippen LogP contribution in [0.15, 0.2) is 34.5 Å². The van der Waals surface area contributed by atoms with Gasteiger partial charge in [-0.3, -0.25) is 9.79 Å². The van der Waals surface area contributed by atoms with Crippen LogP contribution in [0.5, 0.6) is 0 Å². The van der Waals surface area contributed by atoms with Crippen LogP contribution in [0.1, 0.15) is 32.8 Å². The van der Waals surface area contributed by atoms with Gasteiger partial charge >= 0.3 is 11.9 Å². The van der Waals surface area contributed by atoms with Crippen LogP contribution in [-0.2, 0) is 25.5 Å². The number of methoxy groups -OCH3 is 1. The van der Waals surface area contributed by atoms with E-state index in [0.717, 1.165) is 5.56 Å². The zero-order chi connectivity index (χ0) is 20.1. The van der Waals surface area contributed by atoms with Crippen LogP contribution in [0.3, 0.4) is 0 Å². The second-order valence-corrected chi connectivity index (χ2v) is 7.12. The van der Waals surface area contributed by atoms with Crippen molar-refractivity contribution in [1.29, 1.82) is 0 Å². The first-order valence-electron chi connectivity index (χ1n) is 8.75. The molecule has 0 spiro atoms. The topological polar surface area (TPSA) is 65.0 Å². The number of nitrogens with zero attached hydrogens (tertiary/aromatic N) is 1. The number of allylic oxidation sites excluding steroid dienone is 1. The van der Waals surface area contributed by atoms with E-state index in [2.05, 4.69) is 4.99 Å². The zero-order valence-electron chi connectivity index (χ0n) is 15.8. The minimum absolute atomic E-state index is 0.244. The van der Waals surface area contributed by atoms with Crippen LogP contribution in [0, 0.1) is 11.8 Å². The van der Waals surface area contributed by atoms with Gasteiger partial charge in [0.15, 0.2) is 0 Å². The van der Waals surface area contributed by atoms with Crippen molar-refractivity contribution in [1.82, 2.24) is 0 Å². The maximum atomic E-state index is 12.6. The van der Waals surface area contributed by atoms with Gasteiger partial charge in [0, 0.05) is 17.3 Å². The monoisotopic (exact) mass is 411 g/mol. The molecule has 1 aromatic rings. The number of hydrogen-bond donors (Lipinski definition) is 0. The number of aliphatic imine (C=N–C) groups is 1. The molecule has 2 rings (SSSR count). The minimum atomic E-state index is -0.643. The second-order valence-electron chi connectivity index (χ2n) is 6.33. The molecule has 146 valence electrons. The fourth-order valence-electron chi connectivity index (χ4n) is 3.45. The van der Waals surface area contributed by atoms with Gasteiger partial charge in [0.1, 0.15) is 5.92 Å². The van der Waals surface area contributed by atoms with Crippen LogP contribution in [-0.4, -0.2) is 31.4 Å². The molecular weight excluding hydrogens is 389 g/mol. The molecule has 0 radical (unpaired) electrons. The Bertz CT molecular complexity index is 801. The Balaban J connectivity index is 2.40. The highest BCUT2D eigenvalue weighted by Gasteiger charge is 2.40. The van der Waals surface area contributed by atoms with Crippen molar-refractivity contribution in [2.24, 2.45) is 16.8 Å². The molecule has 7 heteroatoms. The molecule has 0 saturated heterocycles. The molecule has 0 bridgehead atoms. The van der Waals surface area contributed by atoms with Crippen molar-refractivity contribution in [3.8, 4) is 0 Å². The van der Waals surface area contributed by atoms with E-state index in [-0.39, 0.29) is 6.61 Å². The number of halogens is 2. The first-order chi connectivity index (χ1) is 12.8. The molecule has 1 aliphatic heterocycles. The summed E-state index contributed by atoms with van der Waals surface area (Å²) in [6, 6.07) is 5.42. The molecule has 0 N–H and O–H groups in total. The quantitative estimate of drug-likeness (QED) is 0.639. The summed E-state index contributed by atoms with van der Waals surface area (Å²) in [7, 11) is 1.33. The Morgan fingerprint density at radius 2 is 1.93 bits per heavy atom. The molecule has 0 amide bonds. The van der Waals surface area contributed by atoms with Crippen molar-refractivity contribution >= 4 is 40.9 Å². The maximum absolute atomic E-state index is 12.6. The highest BCUT2D eigenvalue weighted by molar-refractivity contribution is 6.42. The molecule has 0 aliphatic carbocycles. The van der Waals surface area contributed by atoms with E-state index in [4.69, 9.17) is 32.7 Å². The lowest BCUT2D eigenvalue weighted by Gasteiger charge is -2.31. The molecule has 1 aromatic carbocycles. The number of esters is 2. The van der Waals surface area contributed by atoms with Gasteiger partial charge in [-0.1, -0.05) is 35.3 Å². The molecular formula is C20H23Cl2NO4. The molecule has 1 heterocycles. The molecule has 1 aliphatic rings. The lowest BCUT2D eigenvalue weighted by Crippen LogP contribution is -2.37. The SMILES string of the molecule is CCOC(=O)C1=C(C)N=C(C)C(C(=O)OC)C1CCc1cccc(Cl)c1Cl. The molecule has 5 nitrogen and oxygen atoms in total. The highest BCUT2D eigenvalue weighted by atomic mass is 35.5. The van der Waals surface area contributed by atoms with Crippen LogP contribution < -0.4 is 0 Å². The maximum Gasteiger partial charge on any atom is 0.336 e. The summed E-state index contributed by atoms with van der Waals surface area (Å²) in [5.41, 5.74) is 2.45. The van der Waals surface area contributed by atoms with E-state index in [1.165, 1.54) is 7.11 Å². The average Bonchev–Trinajstić information content (AvgIpc) is 2.62. The van der Waals surface area contributed by atoms with Gasteiger partial charge in [-0.25, -0.2) is 4.79 Å². The molecule has 0 aromatic heterocycles. The van der Waals surface area contributed by atoms with Crippen LogP contribution in [0.2, 0.25) is 10.0 Å². The largest absolute Gasteiger partial charge is 0.468 e. The summed E-state index contributed by atoms with van der Waals surface area (Å²) in [5.74, 6) is -1.94. The molecule has 2 unspecified atom stereocenters. The Hall–Kier alpha value is -1.85. The molecule has 2 atom stereocenters. The number of benzene rings is 1. The number of carbonyl (C=O) groups excluding carboxylic acids is 2. The normalized spacial score (nSPS) is 19.6. The van der Waals surface area contributed by atoms with E-state index in [1.807, 2.05) is 12.1 Å². The summed E-state index contributed by atoms with van der Waals surface area (Å²) in [5, 5.41) is 0.950. The smallest absolute Gasteiger partial charge is 0.336 e. The third kappa shape index (κ3) is 4.71. The summed E-state index contributed by atoms with van der Waals surface area (Å²) < 4.78 is 10.2. The van der Waals surface area contributed by atoms with Crippen molar-refractivity contribution in [3.63, 3.8) is 0 Å². The van der Waals surface area contributed by atoms with E-state index in [9.17, 15) is 9.59 Å². The minimum Gasteiger partial charge on any atom is -0.468 e. The molecule has 0 fully saturated rings. The molecule has 0 saturated carbocycles. The predicted octanol–water partition coefficient (Wildman–Crippen LogP) is 4.64. The third-order valence-corrected chi connectivity index (χ3v) is 5.52. The Kier molecular flexibility index (Phi) is 7.45. The Morgan fingerprint density at radius 3 is 2.56 bits per heavy atom. The van der Waals surface area contributed by atoms with E-state index in [0.29, 0.717) is 39.9 Å². The first kappa shape index (κ1) is 21.5. The Labute approximate surface area is 169 Å². The van der Waals surface area contributed by atoms with Gasteiger partial charge in [0.2, 0.25) is 0 Å². The second kappa shape index (κ2) is 9.38. The summed E-state index contributed by atoms with van der Waals surface area (Å²) in [6.07, 6.45) is 1.04. The number of carbonyl (C=O) groups is 2. The summed E-state index contributed by atoms with van der Waals surface area (Å²) >= 11 is 12.4. The summed E-state index contributed by atoms with van der Waals surface area (Å²) in [4.78, 5) is 29.4. The van der Waals surface area contributed by atoms with Crippen molar-refractivity contribution in [2.45, 2.75) is 33.6 Å². The zero-order valence-corrected chi connectivity index (χ0v) is 17.4. The van der Waals surface area contributed by atoms with Gasteiger partial charge in [-0.05, 0) is 45.2 Å². The predicted molar refractivity (Wildman–Crippen MR) is 106 cm³/mol. The highest BCUT2D eigenvalue weighted by Crippen LogP contribution is 2.37. The lowest BCUT2D eigenvalue weighted by molar-refractivity contribution is -0.145. The van der Waals surface area contributed by atoms with E-state index < -0.39 is 23.8 Å². The lowest BCUT2D eigenvalue weighted by atomic mass is 9.76. The van der Waals surface area contributed by atoms with Crippen molar-refractivity contribution in [3.05, 3.63) is 45.1 Å². The number of aryl methyl sites for hydroxylation is 1. The fraction of sp³-hybridized carbons (Fsp3) is 0.450. The average molecular weight is 412 g/mol. The van der Waals surface area contributed by atoms with Gasteiger partial charge in [0.25, 0.3) is 0 Å². The van der Waals surface area contributed by atoms with Gasteiger partial charge in [-0.2, -0.15) is 0 Å². The van der Waals surface area contributed by atoms with Gasteiger partial charge in [-0.15, -0.1) is 0 Å². The van der Waals surface area contributed by atoms with Crippen LogP contribution >= 0.6 is 23.2 Å².